The molecule has 2 rings (SSSR count). The van der Waals surface area contributed by atoms with Crippen molar-refractivity contribution in [2.45, 2.75) is 13.1 Å². The molecule has 2 aromatic rings. The smallest absolute Gasteiger partial charge is 0.465 e. The summed E-state index contributed by atoms with van der Waals surface area (Å²) in [4.78, 5) is 53.1. The lowest BCUT2D eigenvalue weighted by atomic mass is 10.3. The second-order valence-corrected chi connectivity index (χ2v) is 8.69. The predicted octanol–water partition coefficient (Wildman–Crippen LogP) is 3.93. The molecule has 0 spiro atoms. The number of ether oxygens (including phenoxy) is 1. The van der Waals surface area contributed by atoms with Crippen molar-refractivity contribution in [2.75, 3.05) is 19.4 Å². The molecule has 0 fully saturated rings. The molecule has 0 N–H and O–H groups in total. The number of hydrogen-bond donors (Lipinski definition) is 0. The van der Waals surface area contributed by atoms with Crippen LogP contribution in [0.1, 0.15) is 6.92 Å². The monoisotopic (exact) mass is 567 g/mol. The van der Waals surface area contributed by atoms with E-state index in [2.05, 4.69) is 14.1 Å². The van der Waals surface area contributed by atoms with Crippen molar-refractivity contribution in [3.8, 4) is 11.5 Å². The predicted molar refractivity (Wildman–Crippen MR) is 116 cm³/mol. The summed E-state index contributed by atoms with van der Waals surface area (Å²) in [6.45, 7) is -0.273. The van der Waals surface area contributed by atoms with Crippen LogP contribution in [0.2, 0.25) is 0 Å². The molecule has 1 amide bonds. The van der Waals surface area contributed by atoms with Crippen LogP contribution in [-0.2, 0) is 28.2 Å². The Balaban J connectivity index is 2.37. The highest BCUT2D eigenvalue weighted by atomic mass is 31.2. The summed E-state index contributed by atoms with van der Waals surface area (Å²) in [7, 11) is -5.17. The highest BCUT2D eigenvalue weighted by molar-refractivity contribution is 7.53. The first-order valence-electron chi connectivity index (χ1n) is 10.1. The third-order valence-corrected chi connectivity index (χ3v) is 5.34. The minimum atomic E-state index is -5.54. The van der Waals surface area contributed by atoms with Crippen LogP contribution in [-0.4, -0.2) is 52.2 Å². The molecule has 38 heavy (non-hydrogen) atoms. The van der Waals surface area contributed by atoms with Gasteiger partial charge in [-0.15, -0.1) is 0 Å². The van der Waals surface area contributed by atoms with E-state index in [1.165, 1.54) is 6.92 Å². The van der Waals surface area contributed by atoms with Crippen LogP contribution in [0.15, 0.2) is 48.5 Å². The zero-order valence-corrected chi connectivity index (χ0v) is 20.0. The van der Waals surface area contributed by atoms with Crippen LogP contribution in [0.3, 0.4) is 0 Å². The van der Waals surface area contributed by atoms with E-state index in [0.29, 0.717) is 0 Å². The fourth-order valence-electron chi connectivity index (χ4n) is 2.49. The molecule has 0 bridgehead atoms. The van der Waals surface area contributed by atoms with E-state index in [1.807, 2.05) is 0 Å². The van der Waals surface area contributed by atoms with Crippen LogP contribution >= 0.6 is 7.60 Å². The van der Waals surface area contributed by atoms with Gasteiger partial charge < -0.3 is 19.4 Å². The molecule has 206 valence electrons. The topological polar surface area (TPSA) is 187 Å². The average Bonchev–Trinajstić information content (AvgIpc) is 2.85. The number of carbonyl (C=O) groups is 2. The largest absolute Gasteiger partial charge is 0.471 e. The second-order valence-electron chi connectivity index (χ2n) is 6.88. The van der Waals surface area contributed by atoms with Gasteiger partial charge in [0.15, 0.2) is 11.5 Å². The van der Waals surface area contributed by atoms with E-state index in [9.17, 15) is 47.6 Å². The van der Waals surface area contributed by atoms with Crippen molar-refractivity contribution in [1.29, 1.82) is 0 Å². The molecule has 15 nitrogen and oxygen atoms in total. The number of nitrogens with zero attached hydrogens (tertiary/aromatic N) is 3. The number of benzene rings is 2. The van der Waals surface area contributed by atoms with Crippen LogP contribution in [0.25, 0.3) is 0 Å². The number of esters is 1. The zero-order chi connectivity index (χ0) is 28.5. The van der Waals surface area contributed by atoms with Crippen molar-refractivity contribution in [2.24, 2.45) is 0 Å². The average molecular weight is 567 g/mol. The molecule has 0 aliphatic carbocycles. The molecule has 0 saturated heterocycles. The first kappa shape index (κ1) is 29.9. The molecule has 0 aliphatic heterocycles. The lowest BCUT2D eigenvalue weighted by Crippen LogP contribution is -2.45. The van der Waals surface area contributed by atoms with Crippen LogP contribution in [0.4, 0.5) is 24.5 Å². The molecular formula is C19H17F3N3O12P. The van der Waals surface area contributed by atoms with Crippen molar-refractivity contribution in [3.63, 3.8) is 0 Å². The van der Waals surface area contributed by atoms with Gasteiger partial charge in [-0.05, 0) is 19.1 Å². The zero-order valence-electron chi connectivity index (χ0n) is 19.1. The Morgan fingerprint density at radius 2 is 1.42 bits per heavy atom. The van der Waals surface area contributed by atoms with Gasteiger partial charge in [-0.2, -0.15) is 13.2 Å². The maximum Gasteiger partial charge on any atom is 0.471 e. The van der Waals surface area contributed by atoms with Gasteiger partial charge >= 0.3 is 25.6 Å². The maximum atomic E-state index is 13.3. The maximum absolute atomic E-state index is 13.3. The number of rotatable bonds is 13. The van der Waals surface area contributed by atoms with Gasteiger partial charge in [-0.1, -0.05) is 21.5 Å². The highest BCUT2D eigenvalue weighted by Gasteiger charge is 2.47. The Kier molecular flexibility index (Phi) is 10.1. The summed E-state index contributed by atoms with van der Waals surface area (Å²) in [5.74, 6) is -4.87. The molecule has 0 aromatic heterocycles. The standard InChI is InChI=1S/C19H17F3N3O12P/c1-2-33-17(26)11-23(18(27)19(20,21)22)12-38(32,36-34-15-7-3-5-13(9-15)24(28)29)37-35-16-8-4-6-14(10-16)25(30)31/h3-10H,2,11-12H2,1H3. The van der Waals surface area contributed by atoms with E-state index in [1.54, 1.807) is 0 Å². The van der Waals surface area contributed by atoms with Gasteiger partial charge in [0.25, 0.3) is 11.4 Å². The number of nitro benzene ring substituents is 2. The number of non-ortho nitro benzene ring substituents is 2. The van der Waals surface area contributed by atoms with Crippen LogP contribution < -0.4 is 9.78 Å². The van der Waals surface area contributed by atoms with Gasteiger partial charge in [-0.3, -0.25) is 34.4 Å². The molecule has 0 radical (unpaired) electrons. The first-order chi connectivity index (χ1) is 17.7. The molecule has 0 heterocycles. The summed E-state index contributed by atoms with van der Waals surface area (Å²) in [5.41, 5.74) is -1.02. The van der Waals surface area contributed by atoms with Gasteiger partial charge in [0.2, 0.25) is 0 Å². The molecule has 19 heteroatoms. The number of alkyl halides is 3. The summed E-state index contributed by atoms with van der Waals surface area (Å²) in [6, 6.07) is 8.11. The molecule has 0 atom stereocenters. The van der Waals surface area contributed by atoms with E-state index >= 15 is 0 Å². The van der Waals surface area contributed by atoms with Crippen LogP contribution in [0.5, 0.6) is 11.5 Å². The highest BCUT2D eigenvalue weighted by Crippen LogP contribution is 2.50. The summed E-state index contributed by atoms with van der Waals surface area (Å²) >= 11 is 0. The van der Waals surface area contributed by atoms with Crippen molar-refractivity contribution < 1.29 is 61.0 Å². The fourth-order valence-corrected chi connectivity index (χ4v) is 3.66. The third-order valence-electron chi connectivity index (χ3n) is 4.05. The minimum Gasteiger partial charge on any atom is -0.465 e. The first-order valence-corrected chi connectivity index (χ1v) is 11.8. The van der Waals surface area contributed by atoms with Gasteiger partial charge in [0.05, 0.1) is 28.6 Å². The van der Waals surface area contributed by atoms with Crippen molar-refractivity contribution >= 4 is 30.8 Å². The molecule has 0 saturated carbocycles. The second kappa shape index (κ2) is 12.8. The van der Waals surface area contributed by atoms with Crippen LogP contribution in [0, 0.1) is 20.2 Å². The van der Waals surface area contributed by atoms with E-state index in [4.69, 9.17) is 9.78 Å². The number of halogens is 3. The van der Waals surface area contributed by atoms with Gasteiger partial charge in [-0.25, -0.2) is 0 Å². The molecule has 2 aromatic carbocycles. The number of hydrogen-bond acceptors (Lipinski definition) is 12. The number of amides is 1. The number of nitro groups is 2. The van der Waals surface area contributed by atoms with Gasteiger partial charge in [0.1, 0.15) is 12.8 Å². The Morgan fingerprint density at radius 1 is 0.947 bits per heavy atom. The Bertz CT molecular complexity index is 1180. The fraction of sp³-hybridized carbons (Fsp3) is 0.263. The summed E-state index contributed by atoms with van der Waals surface area (Å²) in [6.07, 6.45) is -7.15. The SMILES string of the molecule is CCOC(=O)CN(CP(=O)(OOc1cccc([N+](=O)[O-])c1)OOc1cccc([N+](=O)[O-])c1)C(=O)C(F)(F)F. The summed E-state index contributed by atoms with van der Waals surface area (Å²) < 4.78 is 66.5. The Labute approximate surface area is 210 Å². The third kappa shape index (κ3) is 8.99. The van der Waals surface area contributed by atoms with Gasteiger partial charge in [0, 0.05) is 12.1 Å². The van der Waals surface area contributed by atoms with Crippen molar-refractivity contribution in [3.05, 3.63) is 68.8 Å². The van der Waals surface area contributed by atoms with E-state index in [0.717, 1.165) is 48.5 Å². The number of carbonyl (C=O) groups excluding carboxylic acids is 2. The molecule has 0 unspecified atom stereocenters. The molecular weight excluding hydrogens is 550 g/mol. The Morgan fingerprint density at radius 3 is 1.82 bits per heavy atom. The Hall–Kier alpha value is -4.28. The van der Waals surface area contributed by atoms with E-state index < -0.39 is 71.2 Å². The normalized spacial score (nSPS) is 11.4. The van der Waals surface area contributed by atoms with Crippen molar-refractivity contribution in [1.82, 2.24) is 4.90 Å². The van der Waals surface area contributed by atoms with E-state index in [-0.39, 0.29) is 11.5 Å². The lowest BCUT2D eigenvalue weighted by Gasteiger charge is -2.25. The quantitative estimate of drug-likeness (QED) is 0.112. The summed E-state index contributed by atoms with van der Waals surface area (Å²) in [5, 5.41) is 21.9. The molecule has 0 aliphatic rings. The minimum absolute atomic E-state index is 0.261. The lowest BCUT2D eigenvalue weighted by molar-refractivity contribution is -0.385.